The van der Waals surface area contributed by atoms with Crippen molar-refractivity contribution >= 4 is 33.4 Å². The number of benzene rings is 1. The number of thiazole rings is 1. The van der Waals surface area contributed by atoms with E-state index in [2.05, 4.69) is 4.99 Å². The second-order valence-corrected chi connectivity index (χ2v) is 7.00. The van der Waals surface area contributed by atoms with Gasteiger partial charge in [0.05, 0.1) is 22.4 Å². The minimum atomic E-state index is -0.389. The fourth-order valence-corrected chi connectivity index (χ4v) is 3.87. The van der Waals surface area contributed by atoms with Crippen molar-refractivity contribution in [1.82, 2.24) is 4.57 Å². The molecule has 0 unspecified atom stereocenters. The Hall–Kier alpha value is -2.67. The molecule has 0 saturated carbocycles. The maximum absolute atomic E-state index is 12.6. The minimum Gasteiger partial charge on any atom is -0.466 e. The molecule has 0 aliphatic heterocycles. The lowest BCUT2D eigenvalue weighted by molar-refractivity contribution is -0.143. The highest BCUT2D eigenvalue weighted by Gasteiger charge is 2.16. The first-order valence-corrected chi connectivity index (χ1v) is 9.12. The number of nitrogens with zero attached hydrogens (tertiary/aromatic N) is 2. The Morgan fingerprint density at radius 2 is 2.00 bits per heavy atom. The maximum Gasteiger partial charge on any atom is 0.326 e. The molecule has 3 rings (SSSR count). The van der Waals surface area contributed by atoms with E-state index in [-0.39, 0.29) is 18.4 Å². The number of aryl methyl sites for hydroxylation is 3. The fraction of sp³-hybridized carbons (Fsp3) is 0.316. The third kappa shape index (κ3) is 3.62. The third-order valence-electron chi connectivity index (χ3n) is 3.90. The molecule has 2 aromatic heterocycles. The SMILES string of the molecule is CCOC(=O)Cn1c(=NC(=O)c2cc(C)oc2C)sc2cc(C)ccc21. The first-order chi connectivity index (χ1) is 12.4. The molecule has 1 amide bonds. The summed E-state index contributed by atoms with van der Waals surface area (Å²) >= 11 is 1.37. The van der Waals surface area contributed by atoms with E-state index in [9.17, 15) is 9.59 Å². The van der Waals surface area contributed by atoms with Gasteiger partial charge in [-0.25, -0.2) is 0 Å². The second-order valence-electron chi connectivity index (χ2n) is 5.99. The van der Waals surface area contributed by atoms with Crippen LogP contribution in [0.15, 0.2) is 33.7 Å². The molecule has 1 aromatic carbocycles. The first-order valence-electron chi connectivity index (χ1n) is 8.30. The van der Waals surface area contributed by atoms with Gasteiger partial charge in [0.15, 0.2) is 4.80 Å². The highest BCUT2D eigenvalue weighted by atomic mass is 32.1. The molecular weight excluding hydrogens is 352 g/mol. The summed E-state index contributed by atoms with van der Waals surface area (Å²) in [6.45, 7) is 7.58. The van der Waals surface area contributed by atoms with Crippen molar-refractivity contribution in [3.63, 3.8) is 0 Å². The number of rotatable bonds is 4. The predicted octanol–water partition coefficient (Wildman–Crippen LogP) is 3.53. The summed E-state index contributed by atoms with van der Waals surface area (Å²) in [4.78, 5) is 29.3. The highest BCUT2D eigenvalue weighted by molar-refractivity contribution is 7.16. The van der Waals surface area contributed by atoms with E-state index in [1.165, 1.54) is 11.3 Å². The number of carbonyl (C=O) groups is 2. The lowest BCUT2D eigenvalue weighted by Crippen LogP contribution is -2.23. The number of furan rings is 1. The normalized spacial score (nSPS) is 11.9. The van der Waals surface area contributed by atoms with Crippen LogP contribution in [0.3, 0.4) is 0 Å². The van der Waals surface area contributed by atoms with E-state index in [0.29, 0.717) is 28.5 Å². The van der Waals surface area contributed by atoms with Crippen molar-refractivity contribution in [2.75, 3.05) is 6.61 Å². The molecule has 0 fully saturated rings. The number of fused-ring (bicyclic) bond motifs is 1. The molecule has 26 heavy (non-hydrogen) atoms. The van der Waals surface area contributed by atoms with Crippen molar-refractivity contribution in [3.8, 4) is 0 Å². The number of ether oxygens (including phenoxy) is 1. The number of hydrogen-bond acceptors (Lipinski definition) is 5. The Morgan fingerprint density at radius 1 is 1.23 bits per heavy atom. The largest absolute Gasteiger partial charge is 0.466 e. The van der Waals surface area contributed by atoms with Crippen molar-refractivity contribution in [1.29, 1.82) is 0 Å². The van der Waals surface area contributed by atoms with Gasteiger partial charge in [-0.1, -0.05) is 17.4 Å². The van der Waals surface area contributed by atoms with Crippen molar-refractivity contribution in [2.24, 2.45) is 4.99 Å². The standard InChI is InChI=1S/C19H20N2O4S/c1-5-24-17(22)10-21-15-7-6-11(2)8-16(15)26-19(21)20-18(23)14-9-12(3)25-13(14)4/h6-9H,5,10H2,1-4H3. The molecule has 0 bridgehead atoms. The summed E-state index contributed by atoms with van der Waals surface area (Å²) in [5, 5.41) is 0. The van der Waals surface area contributed by atoms with Crippen LogP contribution in [0, 0.1) is 20.8 Å². The zero-order valence-electron chi connectivity index (χ0n) is 15.2. The van der Waals surface area contributed by atoms with E-state index >= 15 is 0 Å². The third-order valence-corrected chi connectivity index (χ3v) is 4.94. The molecule has 3 aromatic rings. The number of esters is 1. The number of hydrogen-bond donors (Lipinski definition) is 0. The molecule has 136 valence electrons. The maximum atomic E-state index is 12.6. The zero-order valence-corrected chi connectivity index (χ0v) is 16.0. The zero-order chi connectivity index (χ0) is 18.8. The Balaban J connectivity index is 2.12. The van der Waals surface area contributed by atoms with Gasteiger partial charge in [-0.3, -0.25) is 9.59 Å². The topological polar surface area (TPSA) is 73.8 Å². The predicted molar refractivity (Wildman–Crippen MR) is 99.3 cm³/mol. The monoisotopic (exact) mass is 372 g/mol. The van der Waals surface area contributed by atoms with Gasteiger partial charge in [0.25, 0.3) is 5.91 Å². The van der Waals surface area contributed by atoms with Crippen LogP contribution in [0.4, 0.5) is 0 Å². The lowest BCUT2D eigenvalue weighted by Gasteiger charge is -2.05. The van der Waals surface area contributed by atoms with Crippen LogP contribution < -0.4 is 4.80 Å². The van der Waals surface area contributed by atoms with Crippen LogP contribution in [0.2, 0.25) is 0 Å². The van der Waals surface area contributed by atoms with E-state index in [1.54, 1.807) is 31.4 Å². The molecule has 2 heterocycles. The van der Waals surface area contributed by atoms with E-state index in [0.717, 1.165) is 15.8 Å². The molecule has 0 N–H and O–H groups in total. The Kier molecular flexibility index (Phi) is 5.08. The van der Waals surface area contributed by atoms with Gasteiger partial charge in [-0.05, 0) is 51.5 Å². The van der Waals surface area contributed by atoms with Gasteiger partial charge in [-0.15, -0.1) is 0 Å². The number of amides is 1. The van der Waals surface area contributed by atoms with E-state index < -0.39 is 0 Å². The summed E-state index contributed by atoms with van der Waals surface area (Å²) < 4.78 is 13.2. The van der Waals surface area contributed by atoms with Crippen molar-refractivity contribution in [2.45, 2.75) is 34.2 Å². The lowest BCUT2D eigenvalue weighted by atomic mass is 10.2. The second kappa shape index (κ2) is 7.29. The van der Waals surface area contributed by atoms with Crippen molar-refractivity contribution in [3.05, 3.63) is 51.7 Å². The Labute approximate surface area is 154 Å². The summed E-state index contributed by atoms with van der Waals surface area (Å²) in [5.74, 6) is 0.440. The molecule has 0 aliphatic carbocycles. The number of carbonyl (C=O) groups excluding carboxylic acids is 2. The van der Waals surface area contributed by atoms with Crippen LogP contribution in [-0.4, -0.2) is 23.1 Å². The molecule has 0 spiro atoms. The molecule has 0 atom stereocenters. The summed E-state index contributed by atoms with van der Waals surface area (Å²) in [6.07, 6.45) is 0. The van der Waals surface area contributed by atoms with Gasteiger partial charge < -0.3 is 13.7 Å². The van der Waals surface area contributed by atoms with E-state index in [1.807, 2.05) is 25.1 Å². The van der Waals surface area contributed by atoms with Crippen LogP contribution in [0.1, 0.15) is 34.4 Å². The number of aromatic nitrogens is 1. The first kappa shape index (κ1) is 18.1. The van der Waals surface area contributed by atoms with Crippen LogP contribution in [0.25, 0.3) is 10.2 Å². The minimum absolute atomic E-state index is 0.00636. The molecule has 6 nitrogen and oxygen atoms in total. The average Bonchev–Trinajstić information content (AvgIpc) is 3.07. The Morgan fingerprint density at radius 3 is 2.65 bits per heavy atom. The van der Waals surface area contributed by atoms with Gasteiger partial charge in [-0.2, -0.15) is 4.99 Å². The van der Waals surface area contributed by atoms with E-state index in [4.69, 9.17) is 9.15 Å². The Bertz CT molecular complexity index is 1060. The van der Waals surface area contributed by atoms with Crippen LogP contribution in [0.5, 0.6) is 0 Å². The molecule has 0 saturated heterocycles. The quantitative estimate of drug-likeness (QED) is 0.657. The van der Waals surface area contributed by atoms with Gasteiger partial charge in [0.1, 0.15) is 18.1 Å². The fourth-order valence-electron chi connectivity index (χ4n) is 2.74. The van der Waals surface area contributed by atoms with Crippen LogP contribution >= 0.6 is 11.3 Å². The van der Waals surface area contributed by atoms with Gasteiger partial charge in [0.2, 0.25) is 0 Å². The summed E-state index contributed by atoms with van der Waals surface area (Å²) in [5.41, 5.74) is 2.38. The summed E-state index contributed by atoms with van der Waals surface area (Å²) in [7, 11) is 0. The van der Waals surface area contributed by atoms with Gasteiger partial charge in [0, 0.05) is 0 Å². The molecule has 0 aliphatic rings. The molecule has 0 radical (unpaired) electrons. The molecule has 7 heteroatoms. The summed E-state index contributed by atoms with van der Waals surface area (Å²) in [6, 6.07) is 7.58. The van der Waals surface area contributed by atoms with Gasteiger partial charge >= 0.3 is 5.97 Å². The smallest absolute Gasteiger partial charge is 0.326 e. The highest BCUT2D eigenvalue weighted by Crippen LogP contribution is 2.20. The average molecular weight is 372 g/mol. The molecular formula is C19H20N2O4S. The van der Waals surface area contributed by atoms with Crippen molar-refractivity contribution < 1.29 is 18.7 Å². The van der Waals surface area contributed by atoms with Crippen LogP contribution in [-0.2, 0) is 16.1 Å².